The molecule has 78 valence electrons. The van der Waals surface area contributed by atoms with Crippen LogP contribution in [0.15, 0.2) is 6.20 Å². The minimum atomic E-state index is -0.381. The van der Waals surface area contributed by atoms with Gasteiger partial charge in [0.2, 0.25) is 0 Å². The van der Waals surface area contributed by atoms with Gasteiger partial charge >= 0.3 is 0 Å². The second-order valence-electron chi connectivity index (χ2n) is 3.15. The molecule has 6 heteroatoms. The van der Waals surface area contributed by atoms with E-state index in [0.717, 1.165) is 5.01 Å². The van der Waals surface area contributed by atoms with Crippen molar-refractivity contribution < 1.29 is 9.84 Å². The summed E-state index contributed by atoms with van der Waals surface area (Å²) in [6.07, 6.45) is 1.47. The van der Waals surface area contributed by atoms with Gasteiger partial charge in [-0.1, -0.05) is 0 Å². The van der Waals surface area contributed by atoms with Crippen LogP contribution in [0.2, 0.25) is 0 Å². The Hall–Kier alpha value is 0.240. The van der Waals surface area contributed by atoms with Gasteiger partial charge in [-0.15, -0.1) is 11.3 Å². The van der Waals surface area contributed by atoms with Crippen LogP contribution >= 0.6 is 33.9 Å². The van der Waals surface area contributed by atoms with Crippen LogP contribution in [0.5, 0.6) is 0 Å². The van der Waals surface area contributed by atoms with E-state index in [2.05, 4.69) is 32.9 Å². The molecule has 2 N–H and O–H groups in total. The van der Waals surface area contributed by atoms with E-state index in [1.54, 1.807) is 11.3 Å². The number of thiazole rings is 1. The largest absolute Gasteiger partial charge is 0.389 e. The van der Waals surface area contributed by atoms with Crippen LogP contribution in [0.25, 0.3) is 0 Å². The van der Waals surface area contributed by atoms with Gasteiger partial charge in [0.25, 0.3) is 0 Å². The van der Waals surface area contributed by atoms with Gasteiger partial charge in [-0.05, 0) is 22.6 Å². The molecular weight excluding hydrogens is 315 g/mol. The first-order valence-electron chi connectivity index (χ1n) is 4.35. The molecule has 0 spiro atoms. The number of aromatic nitrogens is 1. The number of halogens is 1. The average molecular weight is 326 g/mol. The number of ether oxygens (including phenoxy) is 1. The molecule has 0 aliphatic carbocycles. The van der Waals surface area contributed by atoms with Crippen LogP contribution in [-0.4, -0.2) is 35.5 Å². The molecule has 1 aliphatic heterocycles. The van der Waals surface area contributed by atoms with Crippen molar-refractivity contribution in [3.8, 4) is 0 Å². The summed E-state index contributed by atoms with van der Waals surface area (Å²) in [6.45, 7) is 1.73. The van der Waals surface area contributed by atoms with E-state index in [1.807, 2.05) is 6.20 Å². The molecule has 1 aliphatic rings. The van der Waals surface area contributed by atoms with Gasteiger partial charge in [0.05, 0.1) is 34.4 Å². The van der Waals surface area contributed by atoms with E-state index in [9.17, 15) is 5.11 Å². The Bertz CT molecular complexity index is 307. The molecule has 4 nitrogen and oxygen atoms in total. The standard InChI is InChI=1S/C8H11IN2O2S/c9-7-1-11-8(14-7)2-10-5-3-13-4-6(5)12/h1,5-6,10,12H,2-4H2/t5-,6-/m1/s1. The van der Waals surface area contributed by atoms with E-state index in [-0.39, 0.29) is 12.1 Å². The highest BCUT2D eigenvalue weighted by Crippen LogP contribution is 2.15. The second-order valence-corrected chi connectivity index (χ2v) is 6.16. The lowest BCUT2D eigenvalue weighted by molar-refractivity contribution is 0.122. The van der Waals surface area contributed by atoms with Crippen molar-refractivity contribution >= 4 is 33.9 Å². The van der Waals surface area contributed by atoms with Crippen molar-refractivity contribution in [3.63, 3.8) is 0 Å². The number of aliphatic hydroxyl groups excluding tert-OH is 1. The average Bonchev–Trinajstić information content (AvgIpc) is 2.72. The molecular formula is C8H11IN2O2S. The Morgan fingerprint density at radius 1 is 1.71 bits per heavy atom. The Morgan fingerprint density at radius 2 is 2.57 bits per heavy atom. The maximum absolute atomic E-state index is 9.47. The lowest BCUT2D eigenvalue weighted by Crippen LogP contribution is -2.38. The third kappa shape index (κ3) is 2.63. The molecule has 14 heavy (non-hydrogen) atoms. The van der Waals surface area contributed by atoms with Crippen molar-refractivity contribution in [2.24, 2.45) is 0 Å². The molecule has 2 atom stereocenters. The first-order chi connectivity index (χ1) is 6.75. The zero-order valence-electron chi connectivity index (χ0n) is 7.44. The maximum atomic E-state index is 9.47. The third-order valence-electron chi connectivity index (χ3n) is 2.09. The number of rotatable bonds is 3. The molecule has 1 fully saturated rings. The SMILES string of the molecule is O[C@@H]1COC[C@H]1NCc1ncc(I)s1. The van der Waals surface area contributed by atoms with Crippen LogP contribution in [0, 0.1) is 2.88 Å². The molecule has 0 unspecified atom stereocenters. The molecule has 0 radical (unpaired) electrons. The number of nitrogens with one attached hydrogen (secondary N) is 1. The fourth-order valence-corrected chi connectivity index (χ4v) is 2.82. The molecule has 1 saturated heterocycles. The molecule has 1 aromatic rings. The van der Waals surface area contributed by atoms with Gasteiger partial charge in [-0.3, -0.25) is 0 Å². The Balaban J connectivity index is 1.82. The third-order valence-corrected chi connectivity index (χ3v) is 3.82. The minimum absolute atomic E-state index is 0.0524. The summed E-state index contributed by atoms with van der Waals surface area (Å²) in [5.74, 6) is 0. The van der Waals surface area contributed by atoms with Crippen molar-refractivity contribution in [1.29, 1.82) is 0 Å². The fraction of sp³-hybridized carbons (Fsp3) is 0.625. The van der Waals surface area contributed by atoms with E-state index in [0.29, 0.717) is 19.8 Å². The van der Waals surface area contributed by atoms with Crippen molar-refractivity contribution in [3.05, 3.63) is 14.1 Å². The molecule has 0 amide bonds. The zero-order valence-corrected chi connectivity index (χ0v) is 10.4. The van der Waals surface area contributed by atoms with Gasteiger partial charge in [0, 0.05) is 6.54 Å². The quantitative estimate of drug-likeness (QED) is 0.799. The predicted molar refractivity (Wildman–Crippen MR) is 62.3 cm³/mol. The van der Waals surface area contributed by atoms with Gasteiger partial charge in [0.15, 0.2) is 0 Å². The molecule has 1 aromatic heterocycles. The van der Waals surface area contributed by atoms with Crippen molar-refractivity contribution in [2.75, 3.05) is 13.2 Å². The monoisotopic (exact) mass is 326 g/mol. The highest BCUT2D eigenvalue weighted by molar-refractivity contribution is 14.1. The van der Waals surface area contributed by atoms with E-state index < -0.39 is 0 Å². The number of nitrogens with zero attached hydrogens (tertiary/aromatic N) is 1. The van der Waals surface area contributed by atoms with Crippen LogP contribution < -0.4 is 5.32 Å². The van der Waals surface area contributed by atoms with E-state index in [4.69, 9.17) is 4.74 Å². The Labute approximate surface area is 99.8 Å². The van der Waals surface area contributed by atoms with Crippen LogP contribution in [0.3, 0.4) is 0 Å². The Morgan fingerprint density at radius 3 is 3.14 bits per heavy atom. The van der Waals surface area contributed by atoms with Gasteiger partial charge in [-0.2, -0.15) is 0 Å². The molecule has 2 rings (SSSR count). The second kappa shape index (κ2) is 4.84. The smallest absolute Gasteiger partial charge is 0.107 e. The summed E-state index contributed by atoms with van der Waals surface area (Å²) in [7, 11) is 0. The molecule has 2 heterocycles. The lowest BCUT2D eigenvalue weighted by atomic mass is 10.2. The zero-order chi connectivity index (χ0) is 9.97. The van der Waals surface area contributed by atoms with Crippen molar-refractivity contribution in [2.45, 2.75) is 18.7 Å². The molecule has 0 saturated carbocycles. The fourth-order valence-electron chi connectivity index (χ4n) is 1.33. The van der Waals surface area contributed by atoms with E-state index >= 15 is 0 Å². The Kier molecular flexibility index (Phi) is 3.72. The summed E-state index contributed by atoms with van der Waals surface area (Å²) in [6, 6.07) is 0.0524. The van der Waals surface area contributed by atoms with Gasteiger partial charge < -0.3 is 15.2 Å². The van der Waals surface area contributed by atoms with Gasteiger partial charge in [-0.25, -0.2) is 4.98 Å². The topological polar surface area (TPSA) is 54.4 Å². The normalized spacial score (nSPS) is 27.0. The summed E-state index contributed by atoms with van der Waals surface area (Å²) < 4.78 is 6.31. The predicted octanol–water partition coefficient (Wildman–Crippen LogP) is 0.597. The summed E-state index contributed by atoms with van der Waals surface area (Å²) >= 11 is 3.91. The first kappa shape index (κ1) is 10.7. The summed E-state index contributed by atoms with van der Waals surface area (Å²) in [5.41, 5.74) is 0. The van der Waals surface area contributed by atoms with Crippen LogP contribution in [0.4, 0.5) is 0 Å². The van der Waals surface area contributed by atoms with Crippen LogP contribution in [-0.2, 0) is 11.3 Å². The number of hydrogen-bond acceptors (Lipinski definition) is 5. The highest BCUT2D eigenvalue weighted by atomic mass is 127. The van der Waals surface area contributed by atoms with Crippen molar-refractivity contribution in [1.82, 2.24) is 10.3 Å². The number of hydrogen-bond donors (Lipinski definition) is 2. The number of aliphatic hydroxyl groups is 1. The summed E-state index contributed by atoms with van der Waals surface area (Å²) in [5, 5.41) is 13.7. The summed E-state index contributed by atoms with van der Waals surface area (Å²) in [4.78, 5) is 4.23. The minimum Gasteiger partial charge on any atom is -0.389 e. The molecule has 0 aromatic carbocycles. The maximum Gasteiger partial charge on any atom is 0.107 e. The van der Waals surface area contributed by atoms with Gasteiger partial charge in [0.1, 0.15) is 5.01 Å². The molecule has 0 bridgehead atoms. The lowest BCUT2D eigenvalue weighted by Gasteiger charge is -2.12. The highest BCUT2D eigenvalue weighted by Gasteiger charge is 2.25. The van der Waals surface area contributed by atoms with E-state index in [1.165, 1.54) is 2.88 Å². The van der Waals surface area contributed by atoms with Crippen LogP contribution in [0.1, 0.15) is 5.01 Å². The first-order valence-corrected chi connectivity index (χ1v) is 6.24.